The minimum Gasteiger partial charge on any atom is -0.395 e. The van der Waals surface area contributed by atoms with E-state index in [2.05, 4.69) is 51.2 Å². The summed E-state index contributed by atoms with van der Waals surface area (Å²) < 4.78 is 1.96. The lowest BCUT2D eigenvalue weighted by Gasteiger charge is -2.22. The van der Waals surface area contributed by atoms with E-state index in [4.69, 9.17) is 0 Å². The van der Waals surface area contributed by atoms with Crippen molar-refractivity contribution in [2.24, 2.45) is 5.92 Å². The molecule has 0 saturated carbocycles. The van der Waals surface area contributed by atoms with Crippen LogP contribution in [0.1, 0.15) is 58.7 Å². The van der Waals surface area contributed by atoms with Crippen LogP contribution in [0.25, 0.3) is 0 Å². The highest BCUT2D eigenvalue weighted by atomic mass is 16.3. The number of rotatable bonds is 7. The van der Waals surface area contributed by atoms with Gasteiger partial charge in [0.05, 0.1) is 12.8 Å². The first-order chi connectivity index (χ1) is 8.43. The Morgan fingerprint density at radius 1 is 1.28 bits per heavy atom. The summed E-state index contributed by atoms with van der Waals surface area (Å²) in [6.45, 7) is 10.9. The molecule has 2 atom stereocenters. The molecule has 0 spiro atoms. The van der Waals surface area contributed by atoms with Gasteiger partial charge in [0.1, 0.15) is 0 Å². The van der Waals surface area contributed by atoms with Gasteiger partial charge >= 0.3 is 0 Å². The van der Waals surface area contributed by atoms with Gasteiger partial charge in [0.2, 0.25) is 0 Å². The second kappa shape index (κ2) is 6.90. The molecule has 104 valence electrons. The van der Waals surface area contributed by atoms with Crippen molar-refractivity contribution in [3.05, 3.63) is 18.0 Å². The minimum atomic E-state index is 0.155. The quantitative estimate of drug-likeness (QED) is 0.785. The normalized spacial score (nSPS) is 15.3. The molecule has 1 aromatic heterocycles. The fraction of sp³-hybridized carbons (Fsp3) is 0.786. The molecule has 1 aromatic rings. The molecular weight excluding hydrogens is 226 g/mol. The summed E-state index contributed by atoms with van der Waals surface area (Å²) in [7, 11) is 0. The van der Waals surface area contributed by atoms with E-state index < -0.39 is 0 Å². The van der Waals surface area contributed by atoms with Gasteiger partial charge in [0.25, 0.3) is 0 Å². The lowest BCUT2D eigenvalue weighted by Crippen LogP contribution is -2.35. The Balaban J connectivity index is 2.59. The third-order valence-corrected chi connectivity index (χ3v) is 3.11. The lowest BCUT2D eigenvalue weighted by atomic mass is 10.0. The van der Waals surface area contributed by atoms with Crippen molar-refractivity contribution < 1.29 is 5.11 Å². The van der Waals surface area contributed by atoms with Crippen molar-refractivity contribution in [1.29, 1.82) is 0 Å². The molecule has 0 aliphatic carbocycles. The van der Waals surface area contributed by atoms with Crippen LogP contribution in [0.2, 0.25) is 0 Å². The monoisotopic (exact) mass is 253 g/mol. The van der Waals surface area contributed by atoms with Crippen LogP contribution >= 0.6 is 0 Å². The first kappa shape index (κ1) is 15.2. The molecule has 0 amide bonds. The van der Waals surface area contributed by atoms with E-state index in [-0.39, 0.29) is 18.7 Å². The standard InChI is InChI=1S/C14H27N3O/c1-10(2)6-14(9-18)16-12(5)13-7-15-17(8-13)11(3)4/h7-8,10-12,14,16,18H,6,9H2,1-5H3. The molecule has 0 saturated heterocycles. The predicted molar refractivity (Wildman–Crippen MR) is 74.5 cm³/mol. The predicted octanol–water partition coefficient (Wildman–Crippen LogP) is 2.52. The average Bonchev–Trinajstić information content (AvgIpc) is 2.76. The molecular formula is C14H27N3O. The number of nitrogens with one attached hydrogen (secondary N) is 1. The van der Waals surface area contributed by atoms with Crippen molar-refractivity contribution in [2.75, 3.05) is 6.61 Å². The van der Waals surface area contributed by atoms with Crippen LogP contribution in [0.4, 0.5) is 0 Å². The Kier molecular flexibility index (Phi) is 5.82. The molecule has 0 fully saturated rings. The molecule has 4 heteroatoms. The zero-order valence-corrected chi connectivity index (χ0v) is 12.2. The van der Waals surface area contributed by atoms with Gasteiger partial charge in [0.15, 0.2) is 0 Å². The molecule has 0 aliphatic heterocycles. The maximum Gasteiger partial charge on any atom is 0.0584 e. The Morgan fingerprint density at radius 3 is 2.39 bits per heavy atom. The Bertz CT molecular complexity index is 347. The van der Waals surface area contributed by atoms with E-state index in [9.17, 15) is 5.11 Å². The summed E-state index contributed by atoms with van der Waals surface area (Å²) in [6.07, 6.45) is 4.97. The van der Waals surface area contributed by atoms with Gasteiger partial charge in [-0.25, -0.2) is 0 Å². The number of hydrogen-bond acceptors (Lipinski definition) is 3. The van der Waals surface area contributed by atoms with Crippen molar-refractivity contribution in [3.8, 4) is 0 Å². The first-order valence-corrected chi connectivity index (χ1v) is 6.85. The zero-order valence-electron chi connectivity index (χ0n) is 12.2. The Labute approximate surface area is 110 Å². The summed E-state index contributed by atoms with van der Waals surface area (Å²) in [5.41, 5.74) is 1.17. The second-order valence-electron chi connectivity index (χ2n) is 5.74. The van der Waals surface area contributed by atoms with E-state index >= 15 is 0 Å². The fourth-order valence-corrected chi connectivity index (χ4v) is 2.07. The summed E-state index contributed by atoms with van der Waals surface area (Å²) in [4.78, 5) is 0. The SMILES string of the molecule is CC(C)CC(CO)NC(C)c1cnn(C(C)C)c1. The van der Waals surface area contributed by atoms with Gasteiger partial charge in [-0.05, 0) is 33.1 Å². The highest BCUT2D eigenvalue weighted by Gasteiger charge is 2.15. The Morgan fingerprint density at radius 2 is 1.94 bits per heavy atom. The highest BCUT2D eigenvalue weighted by molar-refractivity contribution is 5.10. The Hall–Kier alpha value is -0.870. The molecule has 2 unspecified atom stereocenters. The van der Waals surface area contributed by atoms with Crippen molar-refractivity contribution in [1.82, 2.24) is 15.1 Å². The van der Waals surface area contributed by atoms with E-state index in [1.54, 1.807) is 0 Å². The highest BCUT2D eigenvalue weighted by Crippen LogP contribution is 2.16. The molecule has 18 heavy (non-hydrogen) atoms. The van der Waals surface area contributed by atoms with Crippen molar-refractivity contribution >= 4 is 0 Å². The van der Waals surface area contributed by atoms with E-state index in [0.717, 1.165) is 6.42 Å². The van der Waals surface area contributed by atoms with Gasteiger partial charge in [-0.1, -0.05) is 13.8 Å². The van der Waals surface area contributed by atoms with Gasteiger partial charge in [-0.3, -0.25) is 4.68 Å². The van der Waals surface area contributed by atoms with E-state index in [0.29, 0.717) is 12.0 Å². The van der Waals surface area contributed by atoms with Crippen LogP contribution < -0.4 is 5.32 Å². The largest absolute Gasteiger partial charge is 0.395 e. The number of hydrogen-bond donors (Lipinski definition) is 2. The van der Waals surface area contributed by atoms with Crippen LogP contribution in [-0.2, 0) is 0 Å². The maximum atomic E-state index is 9.38. The molecule has 4 nitrogen and oxygen atoms in total. The molecule has 1 heterocycles. The first-order valence-electron chi connectivity index (χ1n) is 6.85. The van der Waals surface area contributed by atoms with Crippen LogP contribution in [0.3, 0.4) is 0 Å². The third-order valence-electron chi connectivity index (χ3n) is 3.11. The van der Waals surface area contributed by atoms with Gasteiger partial charge < -0.3 is 10.4 Å². The average molecular weight is 253 g/mol. The van der Waals surface area contributed by atoms with Crippen molar-refractivity contribution in [3.63, 3.8) is 0 Å². The van der Waals surface area contributed by atoms with E-state index in [1.807, 2.05) is 10.9 Å². The maximum absolute atomic E-state index is 9.38. The van der Waals surface area contributed by atoms with Crippen molar-refractivity contribution in [2.45, 2.75) is 59.2 Å². The number of nitrogens with zero attached hydrogens (tertiary/aromatic N) is 2. The van der Waals surface area contributed by atoms with Crippen LogP contribution in [0.5, 0.6) is 0 Å². The molecule has 0 bridgehead atoms. The third kappa shape index (κ3) is 4.42. The zero-order chi connectivity index (χ0) is 13.7. The lowest BCUT2D eigenvalue weighted by molar-refractivity contribution is 0.215. The fourth-order valence-electron chi connectivity index (χ4n) is 2.07. The minimum absolute atomic E-state index is 0.155. The summed E-state index contributed by atoms with van der Waals surface area (Å²) >= 11 is 0. The smallest absolute Gasteiger partial charge is 0.0584 e. The summed E-state index contributed by atoms with van der Waals surface area (Å²) in [5, 5.41) is 17.2. The molecule has 0 aromatic carbocycles. The number of aliphatic hydroxyl groups is 1. The van der Waals surface area contributed by atoms with E-state index in [1.165, 1.54) is 5.56 Å². The summed E-state index contributed by atoms with van der Waals surface area (Å²) in [5.74, 6) is 0.584. The van der Waals surface area contributed by atoms with Crippen LogP contribution in [0, 0.1) is 5.92 Å². The molecule has 0 radical (unpaired) electrons. The van der Waals surface area contributed by atoms with Gasteiger partial charge in [0, 0.05) is 29.9 Å². The molecule has 1 rings (SSSR count). The molecule has 2 N–H and O–H groups in total. The van der Waals surface area contributed by atoms with Gasteiger partial charge in [-0.15, -0.1) is 0 Å². The molecule has 0 aliphatic rings. The topological polar surface area (TPSA) is 50.1 Å². The summed E-state index contributed by atoms with van der Waals surface area (Å²) in [6, 6.07) is 0.756. The second-order valence-corrected chi connectivity index (χ2v) is 5.74. The van der Waals surface area contributed by atoms with Crippen LogP contribution in [-0.4, -0.2) is 27.5 Å². The van der Waals surface area contributed by atoms with Crippen LogP contribution in [0.15, 0.2) is 12.4 Å². The van der Waals surface area contributed by atoms with Gasteiger partial charge in [-0.2, -0.15) is 5.10 Å². The number of aliphatic hydroxyl groups excluding tert-OH is 1. The number of aromatic nitrogens is 2.